The van der Waals surface area contributed by atoms with Crippen molar-refractivity contribution in [1.82, 2.24) is 9.29 Å². The maximum Gasteiger partial charge on any atom is 0.252 e. The highest BCUT2D eigenvalue weighted by molar-refractivity contribution is 7.91. The van der Waals surface area contributed by atoms with Gasteiger partial charge < -0.3 is 5.11 Å². The number of hydrogen-bond donors (Lipinski definition) is 1. The molecule has 0 amide bonds. The Kier molecular flexibility index (Phi) is 4.54. The Labute approximate surface area is 122 Å². The number of aromatic nitrogens is 1. The van der Waals surface area contributed by atoms with E-state index in [1.165, 1.54) is 11.4 Å². The van der Waals surface area contributed by atoms with E-state index in [1.54, 1.807) is 31.3 Å². The summed E-state index contributed by atoms with van der Waals surface area (Å²) in [5.41, 5.74) is 1.48. The number of thiophene rings is 1. The Morgan fingerprint density at radius 1 is 1.40 bits per heavy atom. The smallest absolute Gasteiger partial charge is 0.252 e. The molecule has 7 heteroatoms. The van der Waals surface area contributed by atoms with Crippen molar-refractivity contribution in [1.29, 1.82) is 0 Å². The van der Waals surface area contributed by atoms with Gasteiger partial charge in [-0.05, 0) is 30.7 Å². The van der Waals surface area contributed by atoms with Gasteiger partial charge >= 0.3 is 0 Å². The number of aliphatic hydroxyl groups is 1. The van der Waals surface area contributed by atoms with E-state index in [0.29, 0.717) is 10.6 Å². The van der Waals surface area contributed by atoms with Crippen molar-refractivity contribution in [2.75, 3.05) is 7.05 Å². The van der Waals surface area contributed by atoms with E-state index in [2.05, 4.69) is 4.98 Å². The SMILES string of the molecule is Cc1cc(S(=O)(=O)N(C)Cc2ccccn2)sc1CO. The monoisotopic (exact) mass is 312 g/mol. The molecule has 1 N–H and O–H groups in total. The second-order valence-electron chi connectivity index (χ2n) is 4.41. The first-order chi connectivity index (χ1) is 9.45. The first-order valence-corrected chi connectivity index (χ1v) is 8.27. The molecule has 0 fully saturated rings. The fraction of sp³-hybridized carbons (Fsp3) is 0.308. The second-order valence-corrected chi connectivity index (χ2v) is 7.82. The van der Waals surface area contributed by atoms with Gasteiger partial charge in [-0.1, -0.05) is 6.07 Å². The number of aryl methyl sites for hydroxylation is 1. The first kappa shape index (κ1) is 15.1. The summed E-state index contributed by atoms with van der Waals surface area (Å²) in [7, 11) is -2.02. The van der Waals surface area contributed by atoms with Crippen molar-refractivity contribution in [2.45, 2.75) is 24.3 Å². The Hall–Kier alpha value is -1.28. The van der Waals surface area contributed by atoms with Crippen LogP contribution in [-0.4, -0.2) is 29.9 Å². The molecule has 0 aliphatic heterocycles. The predicted octanol–water partition coefficient (Wildman–Crippen LogP) is 1.76. The summed E-state index contributed by atoms with van der Waals surface area (Å²) >= 11 is 1.11. The number of hydrogen-bond acceptors (Lipinski definition) is 5. The molecule has 2 aromatic heterocycles. The van der Waals surface area contributed by atoms with Crippen LogP contribution in [-0.2, 0) is 23.2 Å². The zero-order valence-corrected chi connectivity index (χ0v) is 12.9. The number of sulfonamides is 1. The topological polar surface area (TPSA) is 70.5 Å². The summed E-state index contributed by atoms with van der Waals surface area (Å²) < 4.78 is 26.4. The van der Waals surface area contributed by atoms with Gasteiger partial charge in [0, 0.05) is 18.1 Å². The summed E-state index contributed by atoms with van der Waals surface area (Å²) in [4.78, 5) is 4.80. The zero-order valence-electron chi connectivity index (χ0n) is 11.3. The molecule has 5 nitrogen and oxygen atoms in total. The quantitative estimate of drug-likeness (QED) is 0.913. The Morgan fingerprint density at radius 2 is 2.15 bits per heavy atom. The van der Waals surface area contributed by atoms with Crippen LogP contribution in [0.1, 0.15) is 16.1 Å². The summed E-state index contributed by atoms with van der Waals surface area (Å²) in [6, 6.07) is 6.99. The average Bonchev–Trinajstić information content (AvgIpc) is 2.81. The minimum absolute atomic E-state index is 0.143. The predicted molar refractivity (Wildman–Crippen MR) is 77.9 cm³/mol. The normalized spacial score (nSPS) is 12.0. The lowest BCUT2D eigenvalue weighted by molar-refractivity contribution is 0.285. The number of pyridine rings is 1. The van der Waals surface area contributed by atoms with Gasteiger partial charge in [0.15, 0.2) is 0 Å². The van der Waals surface area contributed by atoms with E-state index >= 15 is 0 Å². The van der Waals surface area contributed by atoms with Crippen molar-refractivity contribution in [3.05, 3.63) is 46.6 Å². The fourth-order valence-corrected chi connectivity index (χ4v) is 4.53. The van der Waals surface area contributed by atoms with Crippen LogP contribution in [0.3, 0.4) is 0 Å². The molecule has 0 atom stereocenters. The van der Waals surface area contributed by atoms with Crippen LogP contribution in [0.15, 0.2) is 34.7 Å². The maximum atomic E-state index is 12.4. The summed E-state index contributed by atoms with van der Waals surface area (Å²) in [6.45, 7) is 1.87. The van der Waals surface area contributed by atoms with Gasteiger partial charge in [-0.15, -0.1) is 11.3 Å². The molecule has 2 heterocycles. The van der Waals surface area contributed by atoms with E-state index in [9.17, 15) is 8.42 Å². The van der Waals surface area contributed by atoms with Crippen LogP contribution >= 0.6 is 11.3 Å². The Bertz CT molecular complexity index is 681. The summed E-state index contributed by atoms with van der Waals surface area (Å²) in [5.74, 6) is 0. The molecule has 0 aliphatic carbocycles. The van der Waals surface area contributed by atoms with Crippen LogP contribution < -0.4 is 0 Å². The molecule has 0 spiro atoms. The molecule has 0 aromatic carbocycles. The van der Waals surface area contributed by atoms with Crippen molar-refractivity contribution in [2.24, 2.45) is 0 Å². The summed E-state index contributed by atoms with van der Waals surface area (Å²) in [6.07, 6.45) is 1.63. The van der Waals surface area contributed by atoms with Crippen molar-refractivity contribution >= 4 is 21.4 Å². The van der Waals surface area contributed by atoms with Crippen molar-refractivity contribution in [3.63, 3.8) is 0 Å². The third kappa shape index (κ3) is 3.06. The summed E-state index contributed by atoms with van der Waals surface area (Å²) in [5, 5.41) is 9.16. The number of rotatable bonds is 5. The molecule has 20 heavy (non-hydrogen) atoms. The van der Waals surface area contributed by atoms with Gasteiger partial charge in [0.05, 0.1) is 18.8 Å². The lowest BCUT2D eigenvalue weighted by atomic mass is 10.3. The third-order valence-electron chi connectivity index (χ3n) is 2.92. The molecule has 0 saturated heterocycles. The van der Waals surface area contributed by atoms with E-state index < -0.39 is 10.0 Å². The molecule has 0 unspecified atom stereocenters. The Morgan fingerprint density at radius 3 is 2.70 bits per heavy atom. The molecule has 0 radical (unpaired) electrons. The molecular formula is C13H16N2O3S2. The van der Waals surface area contributed by atoms with Gasteiger partial charge in [0.2, 0.25) is 0 Å². The minimum atomic E-state index is -3.55. The molecule has 0 saturated carbocycles. The van der Waals surface area contributed by atoms with Crippen LogP contribution in [0, 0.1) is 6.92 Å². The van der Waals surface area contributed by atoms with Gasteiger partial charge in [0.1, 0.15) is 4.21 Å². The highest BCUT2D eigenvalue weighted by atomic mass is 32.2. The van der Waals surface area contributed by atoms with E-state index in [-0.39, 0.29) is 17.4 Å². The average molecular weight is 312 g/mol. The standard InChI is InChI=1S/C13H16N2O3S2/c1-10-7-13(19-12(10)9-16)20(17,18)15(2)8-11-5-3-4-6-14-11/h3-7,16H,8-9H2,1-2H3. The van der Waals surface area contributed by atoms with Crippen molar-refractivity contribution < 1.29 is 13.5 Å². The van der Waals surface area contributed by atoms with Gasteiger partial charge in [-0.3, -0.25) is 4.98 Å². The second kappa shape index (κ2) is 6.01. The van der Waals surface area contributed by atoms with E-state index in [4.69, 9.17) is 5.11 Å². The largest absolute Gasteiger partial charge is 0.391 e. The van der Waals surface area contributed by atoms with E-state index in [1.807, 2.05) is 6.07 Å². The highest BCUT2D eigenvalue weighted by Crippen LogP contribution is 2.28. The van der Waals surface area contributed by atoms with Crippen LogP contribution in [0.2, 0.25) is 0 Å². The zero-order chi connectivity index (χ0) is 14.8. The molecule has 2 aromatic rings. The van der Waals surface area contributed by atoms with E-state index in [0.717, 1.165) is 16.9 Å². The highest BCUT2D eigenvalue weighted by Gasteiger charge is 2.24. The van der Waals surface area contributed by atoms with Gasteiger partial charge in [-0.2, -0.15) is 4.31 Å². The minimum Gasteiger partial charge on any atom is -0.391 e. The first-order valence-electron chi connectivity index (χ1n) is 6.01. The van der Waals surface area contributed by atoms with Gasteiger partial charge in [0.25, 0.3) is 10.0 Å². The molecule has 2 rings (SSSR count). The number of nitrogens with zero attached hydrogens (tertiary/aromatic N) is 2. The molecule has 108 valence electrons. The van der Waals surface area contributed by atoms with Gasteiger partial charge in [-0.25, -0.2) is 8.42 Å². The fourth-order valence-electron chi connectivity index (χ4n) is 1.73. The molecular weight excluding hydrogens is 296 g/mol. The van der Waals surface area contributed by atoms with Crippen LogP contribution in [0.25, 0.3) is 0 Å². The van der Waals surface area contributed by atoms with Crippen LogP contribution in [0.5, 0.6) is 0 Å². The number of aliphatic hydroxyl groups excluding tert-OH is 1. The van der Waals surface area contributed by atoms with Crippen molar-refractivity contribution in [3.8, 4) is 0 Å². The lowest BCUT2D eigenvalue weighted by Crippen LogP contribution is -2.26. The Balaban J connectivity index is 2.25. The molecule has 0 bridgehead atoms. The van der Waals surface area contributed by atoms with Crippen LogP contribution in [0.4, 0.5) is 0 Å². The molecule has 0 aliphatic rings. The third-order valence-corrected chi connectivity index (χ3v) is 6.39. The maximum absolute atomic E-state index is 12.4. The lowest BCUT2D eigenvalue weighted by Gasteiger charge is -2.15.